The molecule has 15 heavy (non-hydrogen) atoms. The Morgan fingerprint density at radius 3 is 2.60 bits per heavy atom. The van der Waals surface area contributed by atoms with Gasteiger partial charge in [0.05, 0.1) is 12.6 Å². The lowest BCUT2D eigenvalue weighted by Crippen LogP contribution is -2.39. The first-order chi connectivity index (χ1) is 7.40. The van der Waals surface area contributed by atoms with Crippen LogP contribution in [0.15, 0.2) is 0 Å². The molecule has 0 bridgehead atoms. The SMILES string of the molecule is C#CCN(C[C@H]1CCCO1)C1CCCC1. The lowest BCUT2D eigenvalue weighted by Gasteiger charge is -2.28. The standard InChI is InChI=1S/C13H21NO/c1-2-9-14(12-6-3-4-7-12)11-13-8-5-10-15-13/h1,12-13H,3-11H2/t13-/m1/s1. The predicted octanol–water partition coefficient (Wildman–Crippen LogP) is 2.04. The Bertz CT molecular complexity index is 221. The lowest BCUT2D eigenvalue weighted by molar-refractivity contribution is 0.0636. The molecule has 1 aliphatic heterocycles. The lowest BCUT2D eigenvalue weighted by atomic mass is 10.1. The molecule has 2 fully saturated rings. The van der Waals surface area contributed by atoms with Crippen LogP contribution in [0.2, 0.25) is 0 Å². The monoisotopic (exact) mass is 207 g/mol. The quantitative estimate of drug-likeness (QED) is 0.654. The summed E-state index contributed by atoms with van der Waals surface area (Å²) in [4.78, 5) is 2.46. The van der Waals surface area contributed by atoms with E-state index >= 15 is 0 Å². The second-order valence-corrected chi connectivity index (χ2v) is 4.71. The van der Waals surface area contributed by atoms with Crippen molar-refractivity contribution in [2.45, 2.75) is 50.7 Å². The van der Waals surface area contributed by atoms with Crippen molar-refractivity contribution in [2.24, 2.45) is 0 Å². The molecule has 1 atom stereocenters. The van der Waals surface area contributed by atoms with Crippen molar-refractivity contribution in [3.05, 3.63) is 0 Å². The maximum Gasteiger partial charge on any atom is 0.0703 e. The minimum Gasteiger partial charge on any atom is -0.377 e. The fraction of sp³-hybridized carbons (Fsp3) is 0.846. The number of hydrogen-bond acceptors (Lipinski definition) is 2. The van der Waals surface area contributed by atoms with Crippen LogP contribution in [0.3, 0.4) is 0 Å². The molecule has 84 valence electrons. The van der Waals surface area contributed by atoms with Crippen molar-refractivity contribution in [3.8, 4) is 12.3 Å². The van der Waals surface area contributed by atoms with Crippen molar-refractivity contribution in [1.82, 2.24) is 4.90 Å². The van der Waals surface area contributed by atoms with Crippen LogP contribution in [-0.2, 0) is 4.74 Å². The van der Waals surface area contributed by atoms with Crippen LogP contribution in [-0.4, -0.2) is 36.7 Å². The topological polar surface area (TPSA) is 12.5 Å². The van der Waals surface area contributed by atoms with Gasteiger partial charge in [-0.25, -0.2) is 0 Å². The Hall–Kier alpha value is -0.520. The fourth-order valence-corrected chi connectivity index (χ4v) is 2.78. The van der Waals surface area contributed by atoms with Gasteiger partial charge in [-0.1, -0.05) is 18.8 Å². The molecule has 2 nitrogen and oxygen atoms in total. The Labute approximate surface area is 93.0 Å². The minimum atomic E-state index is 0.443. The normalized spacial score (nSPS) is 27.3. The van der Waals surface area contributed by atoms with Crippen molar-refractivity contribution in [2.75, 3.05) is 19.7 Å². The van der Waals surface area contributed by atoms with Crippen LogP contribution in [0.4, 0.5) is 0 Å². The molecule has 1 aliphatic carbocycles. The van der Waals surface area contributed by atoms with Gasteiger partial charge in [0.25, 0.3) is 0 Å². The van der Waals surface area contributed by atoms with E-state index in [4.69, 9.17) is 11.2 Å². The van der Waals surface area contributed by atoms with Crippen LogP contribution in [0.25, 0.3) is 0 Å². The maximum atomic E-state index is 5.68. The molecule has 0 amide bonds. The van der Waals surface area contributed by atoms with E-state index in [9.17, 15) is 0 Å². The summed E-state index contributed by atoms with van der Waals surface area (Å²) in [6, 6.07) is 0.727. The smallest absolute Gasteiger partial charge is 0.0703 e. The molecule has 1 heterocycles. The maximum absolute atomic E-state index is 5.68. The van der Waals surface area contributed by atoms with E-state index < -0.39 is 0 Å². The first-order valence-corrected chi connectivity index (χ1v) is 6.19. The van der Waals surface area contributed by atoms with Crippen molar-refractivity contribution >= 4 is 0 Å². The van der Waals surface area contributed by atoms with Crippen LogP contribution >= 0.6 is 0 Å². The number of rotatable bonds is 4. The number of hydrogen-bond donors (Lipinski definition) is 0. The molecule has 0 aromatic carbocycles. The fourth-order valence-electron chi connectivity index (χ4n) is 2.78. The highest BCUT2D eigenvalue weighted by Gasteiger charge is 2.26. The van der Waals surface area contributed by atoms with Gasteiger partial charge < -0.3 is 4.74 Å². The molecule has 2 heteroatoms. The van der Waals surface area contributed by atoms with E-state index in [1.165, 1.54) is 38.5 Å². The second-order valence-electron chi connectivity index (χ2n) is 4.71. The Morgan fingerprint density at radius 2 is 2.00 bits per heavy atom. The molecule has 0 spiro atoms. The first kappa shape index (κ1) is 11.0. The summed E-state index contributed by atoms with van der Waals surface area (Å²) in [6.07, 6.45) is 13.7. The molecular weight excluding hydrogens is 186 g/mol. The molecule has 0 aromatic rings. The molecule has 0 aromatic heterocycles. The molecular formula is C13H21NO. The highest BCUT2D eigenvalue weighted by atomic mass is 16.5. The third kappa shape index (κ3) is 2.96. The summed E-state index contributed by atoms with van der Waals surface area (Å²) in [6.45, 7) is 2.79. The summed E-state index contributed by atoms with van der Waals surface area (Å²) in [5, 5.41) is 0. The van der Waals surface area contributed by atoms with E-state index in [0.717, 1.165) is 25.7 Å². The molecule has 0 radical (unpaired) electrons. The summed E-state index contributed by atoms with van der Waals surface area (Å²) < 4.78 is 5.68. The Morgan fingerprint density at radius 1 is 1.20 bits per heavy atom. The largest absolute Gasteiger partial charge is 0.377 e. The molecule has 1 saturated heterocycles. The van der Waals surface area contributed by atoms with Gasteiger partial charge in [0, 0.05) is 19.2 Å². The summed E-state index contributed by atoms with van der Waals surface area (Å²) in [7, 11) is 0. The van der Waals surface area contributed by atoms with Crippen LogP contribution in [0, 0.1) is 12.3 Å². The third-order valence-electron chi connectivity index (χ3n) is 3.60. The number of nitrogens with zero attached hydrogens (tertiary/aromatic N) is 1. The molecule has 1 saturated carbocycles. The zero-order valence-electron chi connectivity index (χ0n) is 9.45. The molecule has 2 rings (SSSR count). The van der Waals surface area contributed by atoms with Gasteiger partial charge in [-0.3, -0.25) is 4.90 Å². The van der Waals surface area contributed by atoms with E-state index in [-0.39, 0.29) is 0 Å². The molecule has 2 aliphatic rings. The van der Waals surface area contributed by atoms with Crippen molar-refractivity contribution in [3.63, 3.8) is 0 Å². The Kier molecular flexibility index (Phi) is 4.05. The van der Waals surface area contributed by atoms with Crippen LogP contribution < -0.4 is 0 Å². The van der Waals surface area contributed by atoms with Gasteiger partial charge in [0.15, 0.2) is 0 Å². The first-order valence-electron chi connectivity index (χ1n) is 6.19. The summed E-state index contributed by atoms with van der Waals surface area (Å²) in [5.74, 6) is 2.79. The zero-order chi connectivity index (χ0) is 10.5. The highest BCUT2D eigenvalue weighted by molar-refractivity contribution is 4.92. The zero-order valence-corrected chi connectivity index (χ0v) is 9.45. The van der Waals surface area contributed by atoms with Gasteiger partial charge in [-0.05, 0) is 25.7 Å². The van der Waals surface area contributed by atoms with E-state index in [2.05, 4.69) is 10.8 Å². The summed E-state index contributed by atoms with van der Waals surface area (Å²) in [5.41, 5.74) is 0. The van der Waals surface area contributed by atoms with E-state index in [1.807, 2.05) is 0 Å². The van der Waals surface area contributed by atoms with Gasteiger partial charge in [-0.15, -0.1) is 6.42 Å². The highest BCUT2D eigenvalue weighted by Crippen LogP contribution is 2.24. The van der Waals surface area contributed by atoms with Crippen LogP contribution in [0.5, 0.6) is 0 Å². The Balaban J connectivity index is 1.84. The minimum absolute atomic E-state index is 0.443. The average molecular weight is 207 g/mol. The predicted molar refractivity (Wildman–Crippen MR) is 61.6 cm³/mol. The van der Waals surface area contributed by atoms with Crippen LogP contribution in [0.1, 0.15) is 38.5 Å². The van der Waals surface area contributed by atoms with E-state index in [0.29, 0.717) is 6.10 Å². The molecule has 0 unspecified atom stereocenters. The van der Waals surface area contributed by atoms with Gasteiger partial charge in [0.2, 0.25) is 0 Å². The second kappa shape index (κ2) is 5.53. The third-order valence-corrected chi connectivity index (χ3v) is 3.60. The van der Waals surface area contributed by atoms with Crippen molar-refractivity contribution in [1.29, 1.82) is 0 Å². The van der Waals surface area contributed by atoms with E-state index in [1.54, 1.807) is 0 Å². The molecule has 0 N–H and O–H groups in total. The van der Waals surface area contributed by atoms with Gasteiger partial charge >= 0.3 is 0 Å². The van der Waals surface area contributed by atoms with Gasteiger partial charge in [0.1, 0.15) is 0 Å². The van der Waals surface area contributed by atoms with Crippen molar-refractivity contribution < 1.29 is 4.74 Å². The summed E-state index contributed by atoms with van der Waals surface area (Å²) >= 11 is 0. The number of ether oxygens (including phenoxy) is 1. The number of terminal acetylenes is 1. The average Bonchev–Trinajstić information content (AvgIpc) is 2.89. The van der Waals surface area contributed by atoms with Gasteiger partial charge in [-0.2, -0.15) is 0 Å².